The number of nitrogens with one attached hydrogen (secondary N) is 1. The zero-order valence-corrected chi connectivity index (χ0v) is 11.6. The molecule has 0 saturated carbocycles. The second kappa shape index (κ2) is 5.49. The second-order valence-electron chi connectivity index (χ2n) is 4.53. The minimum absolute atomic E-state index is 0.245. The van der Waals surface area contributed by atoms with Gasteiger partial charge < -0.3 is 14.5 Å². The highest BCUT2D eigenvalue weighted by Gasteiger charge is 2.19. The minimum atomic E-state index is -0.380. The van der Waals surface area contributed by atoms with E-state index in [1.807, 2.05) is 0 Å². The maximum absolute atomic E-state index is 13.7. The van der Waals surface area contributed by atoms with Crippen LogP contribution < -0.4 is 10.1 Å². The lowest BCUT2D eigenvalue weighted by Gasteiger charge is -2.12. The molecule has 1 atom stereocenters. The standard InChI is InChI=1S/C15H14FN3O2/c1-17-14(11-6-7-13(20-2)19-18-11)12-8-9-4-3-5-10(16)15(9)21-12/h3-8,14,17H,1-2H3. The van der Waals surface area contributed by atoms with Crippen LogP contribution in [0.1, 0.15) is 17.5 Å². The smallest absolute Gasteiger partial charge is 0.233 e. The highest BCUT2D eigenvalue weighted by Crippen LogP contribution is 2.28. The molecular formula is C15H14FN3O2. The zero-order chi connectivity index (χ0) is 14.8. The van der Waals surface area contributed by atoms with Gasteiger partial charge in [-0.15, -0.1) is 10.2 Å². The average molecular weight is 287 g/mol. The van der Waals surface area contributed by atoms with Gasteiger partial charge in [-0.1, -0.05) is 12.1 Å². The highest BCUT2D eigenvalue weighted by atomic mass is 19.1. The van der Waals surface area contributed by atoms with Crippen molar-refractivity contribution in [3.8, 4) is 5.88 Å². The summed E-state index contributed by atoms with van der Waals surface area (Å²) in [6.45, 7) is 0. The molecular weight excluding hydrogens is 273 g/mol. The molecule has 0 aliphatic rings. The zero-order valence-electron chi connectivity index (χ0n) is 11.6. The lowest BCUT2D eigenvalue weighted by Crippen LogP contribution is -2.18. The summed E-state index contributed by atoms with van der Waals surface area (Å²) < 4.78 is 24.3. The molecule has 108 valence electrons. The second-order valence-corrected chi connectivity index (χ2v) is 4.53. The molecule has 21 heavy (non-hydrogen) atoms. The first-order valence-corrected chi connectivity index (χ1v) is 6.45. The van der Waals surface area contributed by atoms with Gasteiger partial charge in [-0.25, -0.2) is 4.39 Å². The summed E-state index contributed by atoms with van der Waals surface area (Å²) in [5, 5.41) is 11.8. The van der Waals surface area contributed by atoms with Crippen LogP contribution in [0.5, 0.6) is 5.88 Å². The van der Waals surface area contributed by atoms with Crippen LogP contribution in [0.15, 0.2) is 40.8 Å². The molecule has 2 heterocycles. The van der Waals surface area contributed by atoms with Crippen LogP contribution in [0, 0.1) is 5.82 Å². The van der Waals surface area contributed by atoms with Crippen LogP contribution in [0.2, 0.25) is 0 Å². The fraction of sp³-hybridized carbons (Fsp3) is 0.200. The Morgan fingerprint density at radius 1 is 1.24 bits per heavy atom. The Morgan fingerprint density at radius 2 is 2.10 bits per heavy atom. The van der Waals surface area contributed by atoms with Crippen molar-refractivity contribution in [1.82, 2.24) is 15.5 Å². The normalized spacial score (nSPS) is 12.5. The molecule has 0 aliphatic heterocycles. The molecule has 6 heteroatoms. The molecule has 0 spiro atoms. The van der Waals surface area contributed by atoms with Crippen LogP contribution in [-0.4, -0.2) is 24.4 Å². The summed E-state index contributed by atoms with van der Waals surface area (Å²) >= 11 is 0. The molecule has 0 bridgehead atoms. The molecule has 0 saturated heterocycles. The van der Waals surface area contributed by atoms with Gasteiger partial charge in [0.15, 0.2) is 11.4 Å². The van der Waals surface area contributed by atoms with Crippen molar-refractivity contribution < 1.29 is 13.5 Å². The predicted octanol–water partition coefficient (Wildman–Crippen LogP) is 2.68. The Balaban J connectivity index is 2.02. The third-order valence-electron chi connectivity index (χ3n) is 3.25. The molecule has 3 rings (SSSR count). The van der Waals surface area contributed by atoms with Gasteiger partial charge in [0.1, 0.15) is 11.8 Å². The van der Waals surface area contributed by atoms with Crippen LogP contribution >= 0.6 is 0 Å². The minimum Gasteiger partial charge on any atom is -0.480 e. The molecule has 1 aromatic carbocycles. The van der Waals surface area contributed by atoms with Gasteiger partial charge in [-0.05, 0) is 25.2 Å². The summed E-state index contributed by atoms with van der Waals surface area (Å²) in [7, 11) is 3.31. The van der Waals surface area contributed by atoms with E-state index >= 15 is 0 Å². The van der Waals surface area contributed by atoms with E-state index in [1.165, 1.54) is 13.2 Å². The van der Waals surface area contributed by atoms with E-state index in [0.29, 0.717) is 22.7 Å². The monoisotopic (exact) mass is 287 g/mol. The first-order valence-electron chi connectivity index (χ1n) is 6.45. The van der Waals surface area contributed by atoms with Gasteiger partial charge in [0, 0.05) is 11.5 Å². The largest absolute Gasteiger partial charge is 0.480 e. The van der Waals surface area contributed by atoms with Gasteiger partial charge >= 0.3 is 0 Å². The van der Waals surface area contributed by atoms with Crippen molar-refractivity contribution in [2.75, 3.05) is 14.2 Å². The van der Waals surface area contributed by atoms with Gasteiger partial charge in [-0.3, -0.25) is 0 Å². The topological polar surface area (TPSA) is 60.2 Å². The summed E-state index contributed by atoms with van der Waals surface area (Å²) in [5.41, 5.74) is 0.909. The fourth-order valence-corrected chi connectivity index (χ4v) is 2.22. The maximum Gasteiger partial charge on any atom is 0.233 e. The SMILES string of the molecule is CNC(c1ccc(OC)nn1)c1cc2cccc(F)c2o1. The first-order chi connectivity index (χ1) is 10.2. The van der Waals surface area contributed by atoms with Crippen molar-refractivity contribution in [1.29, 1.82) is 0 Å². The van der Waals surface area contributed by atoms with E-state index < -0.39 is 0 Å². The van der Waals surface area contributed by atoms with E-state index in [4.69, 9.17) is 9.15 Å². The van der Waals surface area contributed by atoms with Crippen molar-refractivity contribution in [2.45, 2.75) is 6.04 Å². The number of hydrogen-bond donors (Lipinski definition) is 1. The van der Waals surface area contributed by atoms with Crippen LogP contribution in [0.3, 0.4) is 0 Å². The quantitative estimate of drug-likeness (QED) is 0.799. The lowest BCUT2D eigenvalue weighted by molar-refractivity contribution is 0.389. The number of ether oxygens (including phenoxy) is 1. The van der Waals surface area contributed by atoms with Crippen LogP contribution in [0.25, 0.3) is 11.0 Å². The van der Waals surface area contributed by atoms with E-state index in [9.17, 15) is 4.39 Å². The number of rotatable bonds is 4. The number of benzene rings is 1. The Bertz CT molecular complexity index is 755. The number of methoxy groups -OCH3 is 1. The van der Waals surface area contributed by atoms with E-state index in [-0.39, 0.29) is 17.4 Å². The predicted molar refractivity (Wildman–Crippen MR) is 75.7 cm³/mol. The number of furan rings is 1. The summed E-state index contributed by atoms with van der Waals surface area (Å²) in [4.78, 5) is 0. The number of aromatic nitrogens is 2. The average Bonchev–Trinajstić information content (AvgIpc) is 2.94. The summed E-state index contributed by atoms with van der Waals surface area (Å²) in [6.07, 6.45) is 0. The van der Waals surface area contributed by atoms with Crippen LogP contribution in [0.4, 0.5) is 4.39 Å². The lowest BCUT2D eigenvalue weighted by atomic mass is 10.1. The third kappa shape index (κ3) is 2.45. The third-order valence-corrected chi connectivity index (χ3v) is 3.25. The fourth-order valence-electron chi connectivity index (χ4n) is 2.22. The number of para-hydroxylation sites is 1. The van der Waals surface area contributed by atoms with Crippen molar-refractivity contribution >= 4 is 11.0 Å². The number of fused-ring (bicyclic) bond motifs is 1. The Morgan fingerprint density at radius 3 is 2.71 bits per heavy atom. The van der Waals surface area contributed by atoms with E-state index in [1.54, 1.807) is 37.4 Å². The van der Waals surface area contributed by atoms with Gasteiger partial charge in [0.2, 0.25) is 5.88 Å². The van der Waals surface area contributed by atoms with Gasteiger partial charge in [0.05, 0.1) is 12.8 Å². The van der Waals surface area contributed by atoms with Crippen molar-refractivity contribution in [2.24, 2.45) is 0 Å². The number of halogens is 1. The Labute approximate surface area is 120 Å². The number of hydrogen-bond acceptors (Lipinski definition) is 5. The molecule has 0 aliphatic carbocycles. The maximum atomic E-state index is 13.7. The molecule has 5 nitrogen and oxygen atoms in total. The molecule has 1 unspecified atom stereocenters. The van der Waals surface area contributed by atoms with E-state index in [2.05, 4.69) is 15.5 Å². The van der Waals surface area contributed by atoms with Gasteiger partial charge in [0.25, 0.3) is 0 Å². The Kier molecular flexibility index (Phi) is 3.53. The summed E-state index contributed by atoms with van der Waals surface area (Å²) in [5.74, 6) is 0.635. The van der Waals surface area contributed by atoms with Crippen LogP contribution in [-0.2, 0) is 0 Å². The Hall–Kier alpha value is -2.47. The molecule has 0 fully saturated rings. The molecule has 0 radical (unpaired) electrons. The van der Waals surface area contributed by atoms with Crippen molar-refractivity contribution in [3.05, 3.63) is 53.7 Å². The molecule has 2 aromatic heterocycles. The van der Waals surface area contributed by atoms with Crippen molar-refractivity contribution in [3.63, 3.8) is 0 Å². The molecule has 0 amide bonds. The molecule has 3 aromatic rings. The number of nitrogens with zero attached hydrogens (tertiary/aromatic N) is 2. The highest BCUT2D eigenvalue weighted by molar-refractivity contribution is 5.78. The summed E-state index contributed by atoms with van der Waals surface area (Å²) in [6, 6.07) is 9.82. The van der Waals surface area contributed by atoms with Gasteiger partial charge in [-0.2, -0.15) is 0 Å². The molecule has 1 N–H and O–H groups in total. The first kappa shape index (κ1) is 13.5. The van der Waals surface area contributed by atoms with E-state index in [0.717, 1.165) is 0 Å².